The molecule has 2 rings (SSSR count). The Morgan fingerprint density at radius 2 is 2.21 bits per heavy atom. The maximum Gasteiger partial charge on any atom is 0.136 e. The Morgan fingerprint density at radius 3 is 2.86 bits per heavy atom. The van der Waals surface area contributed by atoms with Crippen LogP contribution in [0.25, 0.3) is 0 Å². The molecule has 1 aromatic rings. The summed E-state index contributed by atoms with van der Waals surface area (Å²) in [6.45, 7) is 0. The average Bonchev–Trinajstić information content (AvgIpc) is 2.87. The van der Waals surface area contributed by atoms with Crippen molar-refractivity contribution < 1.29 is 4.79 Å². The van der Waals surface area contributed by atoms with E-state index in [1.54, 1.807) is 11.3 Å². The maximum atomic E-state index is 11.7. The third-order valence-electron chi connectivity index (χ3n) is 3.05. The van der Waals surface area contributed by atoms with E-state index < -0.39 is 0 Å². The molecule has 0 bridgehead atoms. The topological polar surface area (TPSA) is 17.1 Å². The van der Waals surface area contributed by atoms with Gasteiger partial charge in [-0.3, -0.25) is 4.79 Å². The summed E-state index contributed by atoms with van der Waals surface area (Å²) in [5.74, 6) is 0.891. The van der Waals surface area contributed by atoms with Gasteiger partial charge in [0.25, 0.3) is 0 Å². The molecule has 1 fully saturated rings. The van der Waals surface area contributed by atoms with E-state index in [2.05, 4.69) is 16.8 Å². The van der Waals surface area contributed by atoms with Crippen molar-refractivity contribution >= 4 is 17.1 Å². The quantitative estimate of drug-likeness (QED) is 0.740. The lowest BCUT2D eigenvalue weighted by Crippen LogP contribution is -2.11. The molecule has 0 spiro atoms. The van der Waals surface area contributed by atoms with Gasteiger partial charge in [0.15, 0.2) is 0 Å². The first-order chi connectivity index (χ1) is 6.86. The lowest BCUT2D eigenvalue weighted by molar-refractivity contribution is -0.122. The van der Waals surface area contributed by atoms with Gasteiger partial charge in [-0.1, -0.05) is 12.8 Å². The molecule has 2 heteroatoms. The second-order valence-corrected chi connectivity index (χ2v) is 4.86. The Kier molecular flexibility index (Phi) is 3.35. The first-order valence-electron chi connectivity index (χ1n) is 5.40. The molecule has 0 atom stereocenters. The fraction of sp³-hybridized carbons (Fsp3) is 0.583. The highest BCUT2D eigenvalue weighted by Crippen LogP contribution is 2.26. The zero-order valence-corrected chi connectivity index (χ0v) is 9.19. The summed E-state index contributed by atoms with van der Waals surface area (Å²) < 4.78 is 0. The highest BCUT2D eigenvalue weighted by Gasteiger charge is 2.21. The van der Waals surface area contributed by atoms with Crippen molar-refractivity contribution in [2.75, 3.05) is 0 Å². The van der Waals surface area contributed by atoms with E-state index in [0.717, 1.165) is 25.7 Å². The van der Waals surface area contributed by atoms with Gasteiger partial charge in [-0.25, -0.2) is 0 Å². The third kappa shape index (κ3) is 2.44. The highest BCUT2D eigenvalue weighted by atomic mass is 32.1. The van der Waals surface area contributed by atoms with Gasteiger partial charge in [0.1, 0.15) is 5.78 Å². The number of aryl methyl sites for hydroxylation is 1. The number of hydrogen-bond acceptors (Lipinski definition) is 2. The number of rotatable bonds is 4. The number of carbonyl (C=O) groups is 1. The Morgan fingerprint density at radius 1 is 1.43 bits per heavy atom. The summed E-state index contributed by atoms with van der Waals surface area (Å²) in [6, 6.07) is 2.12. The van der Waals surface area contributed by atoms with Crippen LogP contribution in [0.15, 0.2) is 16.8 Å². The fourth-order valence-corrected chi connectivity index (χ4v) is 2.86. The zero-order valence-electron chi connectivity index (χ0n) is 8.37. The molecule has 1 aliphatic carbocycles. The fourth-order valence-electron chi connectivity index (χ4n) is 2.15. The number of carbonyl (C=O) groups excluding carboxylic acids is 1. The molecule has 1 nitrogen and oxygen atoms in total. The van der Waals surface area contributed by atoms with Crippen LogP contribution in [0.2, 0.25) is 0 Å². The Hall–Kier alpha value is -0.630. The molecule has 0 unspecified atom stereocenters. The van der Waals surface area contributed by atoms with Crippen molar-refractivity contribution in [3.63, 3.8) is 0 Å². The summed E-state index contributed by atoms with van der Waals surface area (Å²) in [5.41, 5.74) is 1.32. The second-order valence-electron chi connectivity index (χ2n) is 4.08. The maximum absolute atomic E-state index is 11.7. The van der Waals surface area contributed by atoms with Gasteiger partial charge in [-0.2, -0.15) is 11.3 Å². The number of ketones is 1. The Bertz CT molecular complexity index is 283. The normalized spacial score (nSPS) is 17.4. The molecule has 0 N–H and O–H groups in total. The highest BCUT2D eigenvalue weighted by molar-refractivity contribution is 7.07. The van der Waals surface area contributed by atoms with Crippen molar-refractivity contribution in [1.82, 2.24) is 0 Å². The molecule has 1 heterocycles. The summed E-state index contributed by atoms with van der Waals surface area (Å²) in [7, 11) is 0. The van der Waals surface area contributed by atoms with Crippen LogP contribution in [-0.2, 0) is 11.2 Å². The van der Waals surface area contributed by atoms with Gasteiger partial charge in [-0.15, -0.1) is 0 Å². The van der Waals surface area contributed by atoms with Crippen molar-refractivity contribution in [3.05, 3.63) is 22.4 Å². The molecule has 0 saturated heterocycles. The van der Waals surface area contributed by atoms with Crippen molar-refractivity contribution in [2.24, 2.45) is 5.92 Å². The molecule has 0 aliphatic heterocycles. The molecule has 0 amide bonds. The molecule has 14 heavy (non-hydrogen) atoms. The number of Topliss-reactive ketones (excluding diaryl/α,β-unsaturated/α-hetero) is 1. The van der Waals surface area contributed by atoms with Gasteiger partial charge in [0, 0.05) is 12.3 Å². The molecule has 0 radical (unpaired) electrons. The molecule has 0 aromatic carbocycles. The van der Waals surface area contributed by atoms with Crippen LogP contribution in [-0.4, -0.2) is 5.78 Å². The Balaban J connectivity index is 1.77. The lowest BCUT2D eigenvalue weighted by Gasteiger charge is -2.06. The van der Waals surface area contributed by atoms with E-state index in [9.17, 15) is 4.79 Å². The molecular weight excluding hydrogens is 192 g/mol. The van der Waals surface area contributed by atoms with Crippen molar-refractivity contribution in [1.29, 1.82) is 0 Å². The minimum Gasteiger partial charge on any atom is -0.299 e. The largest absolute Gasteiger partial charge is 0.299 e. The van der Waals surface area contributed by atoms with E-state index in [-0.39, 0.29) is 0 Å². The van der Waals surface area contributed by atoms with E-state index in [0.29, 0.717) is 11.7 Å². The third-order valence-corrected chi connectivity index (χ3v) is 3.78. The van der Waals surface area contributed by atoms with E-state index in [4.69, 9.17) is 0 Å². The number of thiophene rings is 1. The Labute approximate surface area is 89.1 Å². The SMILES string of the molecule is O=C(CCc1ccsc1)C1CCCC1. The smallest absolute Gasteiger partial charge is 0.136 e. The summed E-state index contributed by atoms with van der Waals surface area (Å²) in [6.07, 6.45) is 6.49. The standard InChI is InChI=1S/C12H16OS/c13-12(11-3-1-2-4-11)6-5-10-7-8-14-9-10/h7-9,11H,1-6H2. The molecule has 1 aromatic heterocycles. The van der Waals surface area contributed by atoms with E-state index in [1.165, 1.54) is 18.4 Å². The van der Waals surface area contributed by atoms with Gasteiger partial charge in [0.2, 0.25) is 0 Å². The van der Waals surface area contributed by atoms with Crippen LogP contribution in [0.4, 0.5) is 0 Å². The van der Waals surface area contributed by atoms with Gasteiger partial charge >= 0.3 is 0 Å². The van der Waals surface area contributed by atoms with Crippen LogP contribution in [0.5, 0.6) is 0 Å². The van der Waals surface area contributed by atoms with Crippen LogP contribution in [0.3, 0.4) is 0 Å². The van der Waals surface area contributed by atoms with Crippen LogP contribution in [0.1, 0.15) is 37.7 Å². The van der Waals surface area contributed by atoms with Crippen LogP contribution in [0, 0.1) is 5.92 Å². The zero-order chi connectivity index (χ0) is 9.80. The average molecular weight is 208 g/mol. The van der Waals surface area contributed by atoms with Crippen LogP contribution < -0.4 is 0 Å². The summed E-state index contributed by atoms with van der Waals surface area (Å²) in [4.78, 5) is 11.7. The minimum atomic E-state index is 0.397. The lowest BCUT2D eigenvalue weighted by atomic mass is 9.98. The summed E-state index contributed by atoms with van der Waals surface area (Å²) in [5, 5.41) is 4.22. The molecule has 1 saturated carbocycles. The predicted octanol–water partition coefficient (Wildman–Crippen LogP) is 3.44. The van der Waals surface area contributed by atoms with E-state index in [1.807, 2.05) is 0 Å². The van der Waals surface area contributed by atoms with Gasteiger partial charge in [0.05, 0.1) is 0 Å². The first kappa shape index (κ1) is 9.91. The summed E-state index contributed by atoms with van der Waals surface area (Å²) >= 11 is 1.71. The molecule has 1 aliphatic rings. The number of hydrogen-bond donors (Lipinski definition) is 0. The second kappa shape index (κ2) is 4.74. The molecular formula is C12H16OS. The monoisotopic (exact) mass is 208 g/mol. The first-order valence-corrected chi connectivity index (χ1v) is 6.34. The molecule has 76 valence electrons. The predicted molar refractivity (Wildman–Crippen MR) is 59.6 cm³/mol. The van der Waals surface area contributed by atoms with Gasteiger partial charge in [-0.05, 0) is 41.7 Å². The van der Waals surface area contributed by atoms with Crippen LogP contribution >= 0.6 is 11.3 Å². The van der Waals surface area contributed by atoms with Gasteiger partial charge < -0.3 is 0 Å². The van der Waals surface area contributed by atoms with Crippen molar-refractivity contribution in [3.8, 4) is 0 Å². The van der Waals surface area contributed by atoms with Crippen molar-refractivity contribution in [2.45, 2.75) is 38.5 Å². The van der Waals surface area contributed by atoms with E-state index >= 15 is 0 Å². The minimum absolute atomic E-state index is 0.397.